The first-order valence-electron chi connectivity index (χ1n) is 8.34. The zero-order chi connectivity index (χ0) is 18.7. The number of nitrogens with one attached hydrogen (secondary N) is 1. The van der Waals surface area contributed by atoms with E-state index in [0.29, 0.717) is 23.7 Å². The van der Waals surface area contributed by atoms with Crippen LogP contribution in [0.2, 0.25) is 5.02 Å². The number of halogens is 1. The SMILES string of the molecule is CC1(C(=O)O)CCN(C(=O)NC(c2cccc(Cl)c2)c2ccccn2)C1. The van der Waals surface area contributed by atoms with Crippen LogP contribution in [0, 0.1) is 5.41 Å². The lowest BCUT2D eigenvalue weighted by Gasteiger charge is -2.25. The smallest absolute Gasteiger partial charge is 0.318 e. The van der Waals surface area contributed by atoms with E-state index in [9.17, 15) is 14.7 Å². The monoisotopic (exact) mass is 373 g/mol. The standard InChI is InChI=1S/C19H20ClN3O3/c1-19(17(24)25)8-10-23(12-19)18(26)22-16(15-7-2-3-9-21-15)13-5-4-6-14(20)11-13/h2-7,9,11,16H,8,10,12H2,1H3,(H,22,26)(H,24,25). The largest absolute Gasteiger partial charge is 0.481 e. The van der Waals surface area contributed by atoms with Gasteiger partial charge in [-0.2, -0.15) is 0 Å². The second-order valence-corrected chi connectivity index (χ2v) is 7.17. The molecule has 7 heteroatoms. The van der Waals surface area contributed by atoms with Crippen LogP contribution in [0.15, 0.2) is 48.7 Å². The summed E-state index contributed by atoms with van der Waals surface area (Å²) in [6.07, 6.45) is 2.09. The Kier molecular flexibility index (Phi) is 5.13. The van der Waals surface area contributed by atoms with Gasteiger partial charge in [0.25, 0.3) is 0 Å². The number of aromatic nitrogens is 1. The number of amides is 2. The molecular weight excluding hydrogens is 354 g/mol. The molecule has 2 atom stereocenters. The van der Waals surface area contributed by atoms with Crippen molar-refractivity contribution in [2.75, 3.05) is 13.1 Å². The van der Waals surface area contributed by atoms with Gasteiger partial charge in [0.05, 0.1) is 17.2 Å². The van der Waals surface area contributed by atoms with E-state index >= 15 is 0 Å². The molecule has 2 aromatic rings. The summed E-state index contributed by atoms with van der Waals surface area (Å²) in [6, 6.07) is 11.9. The lowest BCUT2D eigenvalue weighted by molar-refractivity contribution is -0.147. The average Bonchev–Trinajstić information content (AvgIpc) is 3.04. The molecule has 136 valence electrons. The number of benzene rings is 1. The second-order valence-electron chi connectivity index (χ2n) is 6.73. The molecule has 0 bridgehead atoms. The maximum atomic E-state index is 12.8. The molecule has 0 radical (unpaired) electrons. The van der Waals surface area contributed by atoms with Crippen LogP contribution < -0.4 is 5.32 Å². The van der Waals surface area contributed by atoms with Gasteiger partial charge in [0.15, 0.2) is 0 Å². The number of likely N-dealkylation sites (tertiary alicyclic amines) is 1. The number of nitrogens with zero attached hydrogens (tertiary/aromatic N) is 2. The molecule has 1 aromatic heterocycles. The Hall–Kier alpha value is -2.60. The Morgan fingerprint density at radius 3 is 2.73 bits per heavy atom. The maximum Gasteiger partial charge on any atom is 0.318 e. The highest BCUT2D eigenvalue weighted by atomic mass is 35.5. The zero-order valence-electron chi connectivity index (χ0n) is 14.4. The third-order valence-corrected chi connectivity index (χ3v) is 4.95. The Morgan fingerprint density at radius 1 is 1.31 bits per heavy atom. The highest BCUT2D eigenvalue weighted by Crippen LogP contribution is 2.31. The van der Waals surface area contributed by atoms with Gasteiger partial charge >= 0.3 is 12.0 Å². The van der Waals surface area contributed by atoms with E-state index in [2.05, 4.69) is 10.3 Å². The van der Waals surface area contributed by atoms with E-state index in [4.69, 9.17) is 11.6 Å². The van der Waals surface area contributed by atoms with Gasteiger partial charge in [-0.1, -0.05) is 29.8 Å². The fourth-order valence-electron chi connectivity index (χ4n) is 3.08. The number of hydrogen-bond acceptors (Lipinski definition) is 3. The molecule has 3 rings (SSSR count). The van der Waals surface area contributed by atoms with Gasteiger partial charge in [-0.25, -0.2) is 4.79 Å². The topological polar surface area (TPSA) is 82.5 Å². The summed E-state index contributed by atoms with van der Waals surface area (Å²) in [4.78, 5) is 30.1. The molecule has 2 heterocycles. The molecule has 1 saturated heterocycles. The highest BCUT2D eigenvalue weighted by molar-refractivity contribution is 6.30. The molecule has 1 aliphatic rings. The van der Waals surface area contributed by atoms with Crippen LogP contribution in [0.4, 0.5) is 4.79 Å². The molecule has 2 amide bonds. The van der Waals surface area contributed by atoms with Crippen LogP contribution in [-0.4, -0.2) is 40.1 Å². The molecule has 0 aliphatic carbocycles. The van der Waals surface area contributed by atoms with Crippen LogP contribution in [0.1, 0.15) is 30.6 Å². The Balaban J connectivity index is 1.83. The van der Waals surface area contributed by atoms with Crippen molar-refractivity contribution in [2.24, 2.45) is 5.41 Å². The molecule has 2 N–H and O–H groups in total. The number of hydrogen-bond donors (Lipinski definition) is 2. The fraction of sp³-hybridized carbons (Fsp3) is 0.316. The number of pyridine rings is 1. The molecule has 1 aliphatic heterocycles. The molecule has 0 saturated carbocycles. The third-order valence-electron chi connectivity index (χ3n) is 4.71. The second kappa shape index (κ2) is 7.33. The summed E-state index contributed by atoms with van der Waals surface area (Å²) in [5, 5.41) is 12.9. The van der Waals surface area contributed by atoms with Crippen LogP contribution in [0.25, 0.3) is 0 Å². The summed E-state index contributed by atoms with van der Waals surface area (Å²) < 4.78 is 0. The molecule has 1 fully saturated rings. The Morgan fingerprint density at radius 2 is 2.12 bits per heavy atom. The van der Waals surface area contributed by atoms with Gasteiger partial charge in [0.1, 0.15) is 0 Å². The van der Waals surface area contributed by atoms with E-state index in [1.165, 1.54) is 4.90 Å². The Labute approximate surface area is 156 Å². The third kappa shape index (κ3) is 3.80. The van der Waals surface area contributed by atoms with Crippen molar-refractivity contribution < 1.29 is 14.7 Å². The number of aliphatic carboxylic acids is 1. The van der Waals surface area contributed by atoms with Gasteiger partial charge in [-0.05, 0) is 43.2 Å². The molecule has 26 heavy (non-hydrogen) atoms. The van der Waals surface area contributed by atoms with Crippen molar-refractivity contribution in [1.82, 2.24) is 15.2 Å². The van der Waals surface area contributed by atoms with Gasteiger partial charge in [0.2, 0.25) is 0 Å². The summed E-state index contributed by atoms with van der Waals surface area (Å²) in [5.41, 5.74) is 0.585. The van der Waals surface area contributed by atoms with Crippen LogP contribution in [0.5, 0.6) is 0 Å². The predicted octanol–water partition coefficient (Wildman–Crippen LogP) is 3.33. The minimum absolute atomic E-state index is 0.179. The number of rotatable bonds is 4. The summed E-state index contributed by atoms with van der Waals surface area (Å²) in [7, 11) is 0. The molecule has 1 aromatic carbocycles. The molecule has 2 unspecified atom stereocenters. The number of carbonyl (C=O) groups is 2. The van der Waals surface area contributed by atoms with E-state index in [1.807, 2.05) is 24.3 Å². The lowest BCUT2D eigenvalue weighted by atomic mass is 9.90. The molecular formula is C19H20ClN3O3. The van der Waals surface area contributed by atoms with Crippen molar-refractivity contribution in [2.45, 2.75) is 19.4 Å². The predicted molar refractivity (Wildman–Crippen MR) is 98.0 cm³/mol. The molecule has 0 spiro atoms. The zero-order valence-corrected chi connectivity index (χ0v) is 15.1. The van der Waals surface area contributed by atoms with E-state index in [-0.39, 0.29) is 12.6 Å². The van der Waals surface area contributed by atoms with Crippen molar-refractivity contribution in [1.29, 1.82) is 0 Å². The maximum absolute atomic E-state index is 12.8. The quantitative estimate of drug-likeness (QED) is 0.861. The van der Waals surface area contributed by atoms with E-state index in [0.717, 1.165) is 5.56 Å². The van der Waals surface area contributed by atoms with Crippen LogP contribution in [0.3, 0.4) is 0 Å². The molecule has 6 nitrogen and oxygen atoms in total. The van der Waals surface area contributed by atoms with E-state index < -0.39 is 17.4 Å². The van der Waals surface area contributed by atoms with Gasteiger partial charge in [0, 0.05) is 24.3 Å². The minimum Gasteiger partial charge on any atom is -0.481 e. The summed E-state index contributed by atoms with van der Waals surface area (Å²) in [6.45, 7) is 2.24. The number of urea groups is 1. The van der Waals surface area contributed by atoms with Crippen molar-refractivity contribution in [3.05, 3.63) is 64.9 Å². The van der Waals surface area contributed by atoms with Crippen LogP contribution in [-0.2, 0) is 4.79 Å². The van der Waals surface area contributed by atoms with Crippen molar-refractivity contribution in [3.8, 4) is 0 Å². The number of carboxylic acids is 1. The normalized spacial score (nSPS) is 20.6. The highest BCUT2D eigenvalue weighted by Gasteiger charge is 2.42. The van der Waals surface area contributed by atoms with Gasteiger partial charge in [-0.3, -0.25) is 9.78 Å². The first-order valence-corrected chi connectivity index (χ1v) is 8.72. The summed E-state index contributed by atoms with van der Waals surface area (Å²) in [5.74, 6) is -0.885. The summed E-state index contributed by atoms with van der Waals surface area (Å²) >= 11 is 6.10. The van der Waals surface area contributed by atoms with Gasteiger partial charge < -0.3 is 15.3 Å². The number of carbonyl (C=O) groups excluding carboxylic acids is 1. The van der Waals surface area contributed by atoms with Crippen molar-refractivity contribution >= 4 is 23.6 Å². The Bertz CT molecular complexity index is 815. The van der Waals surface area contributed by atoms with Crippen molar-refractivity contribution in [3.63, 3.8) is 0 Å². The van der Waals surface area contributed by atoms with Crippen LogP contribution >= 0.6 is 11.6 Å². The van der Waals surface area contributed by atoms with E-state index in [1.54, 1.807) is 31.3 Å². The van der Waals surface area contributed by atoms with Gasteiger partial charge in [-0.15, -0.1) is 0 Å². The number of carboxylic acid groups (broad SMARTS) is 1. The first-order chi connectivity index (χ1) is 12.4. The first kappa shape index (κ1) is 18.2. The minimum atomic E-state index is -0.909. The lowest BCUT2D eigenvalue weighted by Crippen LogP contribution is -2.42. The average molecular weight is 374 g/mol. The fourth-order valence-corrected chi connectivity index (χ4v) is 3.28.